The standard InChI is InChI=1S/C18H28N2O3.2C2HF3O2/c1-21-9-7-19-8-10-23-18-14-20(13-16(18)12-19)11-15-5-3-4-6-17(15)22-2;2*3-2(4,5)1(6)7/h3-6,16,18H,7-14H2,1-2H3;2*(H,6,7)/t16-,18+;;/m0../s1. The lowest BCUT2D eigenvalue weighted by Crippen LogP contribution is -2.34. The largest absolute Gasteiger partial charge is 0.496 e. The van der Waals surface area contributed by atoms with E-state index in [1.165, 1.54) is 5.56 Å². The molecule has 0 aliphatic carbocycles. The SMILES string of the molecule is COCCN1CCO[C@@H]2CN(Cc3ccccc3OC)C[C@@H]2C1.O=C(O)C(F)(F)F.O=C(O)C(F)(F)F. The van der Waals surface area contributed by atoms with E-state index in [0.717, 1.165) is 58.2 Å². The molecular weight excluding hydrogens is 518 g/mol. The number of ether oxygens (including phenoxy) is 3. The number of methoxy groups -OCH3 is 2. The number of benzene rings is 1. The van der Waals surface area contributed by atoms with Gasteiger partial charge in [-0.05, 0) is 6.07 Å². The highest BCUT2D eigenvalue weighted by Crippen LogP contribution is 2.27. The minimum Gasteiger partial charge on any atom is -0.496 e. The average molecular weight is 548 g/mol. The van der Waals surface area contributed by atoms with Crippen molar-refractivity contribution in [2.75, 3.05) is 60.2 Å². The van der Waals surface area contributed by atoms with Crippen LogP contribution in [0.2, 0.25) is 0 Å². The topological polar surface area (TPSA) is 109 Å². The number of fused-ring (bicyclic) bond motifs is 1. The molecule has 0 aromatic heterocycles. The van der Waals surface area contributed by atoms with E-state index in [9.17, 15) is 26.3 Å². The van der Waals surface area contributed by atoms with Crippen LogP contribution < -0.4 is 4.74 Å². The molecule has 15 heteroatoms. The number of alkyl halides is 6. The quantitative estimate of drug-likeness (QED) is 0.519. The van der Waals surface area contributed by atoms with Gasteiger partial charge >= 0.3 is 24.3 Å². The van der Waals surface area contributed by atoms with Gasteiger partial charge in [-0.1, -0.05) is 18.2 Å². The Morgan fingerprint density at radius 2 is 1.51 bits per heavy atom. The number of carboxylic acid groups (broad SMARTS) is 2. The lowest BCUT2D eigenvalue weighted by Gasteiger charge is -2.23. The Hall–Kier alpha value is -2.62. The number of aliphatic carboxylic acids is 2. The number of hydrogen-bond donors (Lipinski definition) is 2. The molecule has 0 spiro atoms. The van der Waals surface area contributed by atoms with Gasteiger partial charge in [0.25, 0.3) is 0 Å². The predicted molar refractivity (Wildman–Crippen MR) is 117 cm³/mol. The van der Waals surface area contributed by atoms with Crippen LogP contribution in [0.3, 0.4) is 0 Å². The van der Waals surface area contributed by atoms with Crippen LogP contribution in [0, 0.1) is 5.92 Å². The highest BCUT2D eigenvalue weighted by atomic mass is 19.4. The minimum atomic E-state index is -5.08. The summed E-state index contributed by atoms with van der Waals surface area (Å²) in [7, 11) is 3.51. The number of para-hydroxylation sites is 1. The maximum atomic E-state index is 10.6. The molecule has 1 aromatic rings. The number of halogens is 6. The Morgan fingerprint density at radius 3 is 2.03 bits per heavy atom. The molecule has 1 aromatic carbocycles. The Bertz CT molecular complexity index is 828. The second kappa shape index (κ2) is 15.0. The van der Waals surface area contributed by atoms with Crippen molar-refractivity contribution >= 4 is 11.9 Å². The van der Waals surface area contributed by atoms with Gasteiger partial charge in [0, 0.05) is 57.9 Å². The monoisotopic (exact) mass is 548 g/mol. The van der Waals surface area contributed by atoms with Gasteiger partial charge in [-0.2, -0.15) is 26.3 Å². The number of carboxylic acids is 2. The molecule has 2 aliphatic heterocycles. The van der Waals surface area contributed by atoms with Gasteiger partial charge in [0.1, 0.15) is 5.75 Å². The molecule has 9 nitrogen and oxygen atoms in total. The first-order valence-electron chi connectivity index (χ1n) is 11.0. The first-order chi connectivity index (χ1) is 17.2. The van der Waals surface area contributed by atoms with Crippen molar-refractivity contribution in [2.45, 2.75) is 25.0 Å². The Balaban J connectivity index is 0.000000404. The Labute approximate surface area is 209 Å². The molecule has 0 amide bonds. The van der Waals surface area contributed by atoms with Gasteiger partial charge in [-0.3, -0.25) is 9.80 Å². The molecule has 0 unspecified atom stereocenters. The molecule has 2 saturated heterocycles. The molecular formula is C22H30F6N2O7. The van der Waals surface area contributed by atoms with E-state index in [4.69, 9.17) is 34.0 Å². The summed E-state index contributed by atoms with van der Waals surface area (Å²) in [6.45, 7) is 7.77. The van der Waals surface area contributed by atoms with Crippen LogP contribution in [-0.2, 0) is 25.6 Å². The van der Waals surface area contributed by atoms with E-state index in [-0.39, 0.29) is 0 Å². The number of carbonyl (C=O) groups is 2. The van der Waals surface area contributed by atoms with Crippen LogP contribution in [0.4, 0.5) is 26.3 Å². The van der Waals surface area contributed by atoms with E-state index in [0.29, 0.717) is 12.0 Å². The van der Waals surface area contributed by atoms with Gasteiger partial charge < -0.3 is 24.4 Å². The number of hydrogen-bond acceptors (Lipinski definition) is 7. The molecule has 2 aliphatic rings. The summed E-state index contributed by atoms with van der Waals surface area (Å²) in [6, 6.07) is 8.29. The molecule has 2 heterocycles. The molecule has 2 atom stereocenters. The fourth-order valence-corrected chi connectivity index (χ4v) is 3.67. The van der Waals surface area contributed by atoms with Gasteiger partial charge in [0.15, 0.2) is 0 Å². The number of rotatable bonds is 6. The predicted octanol–water partition coefficient (Wildman–Crippen LogP) is 2.74. The van der Waals surface area contributed by atoms with Crippen LogP contribution in [-0.4, -0.2) is 111 Å². The second-order valence-electron chi connectivity index (χ2n) is 8.07. The smallest absolute Gasteiger partial charge is 0.490 e. The maximum absolute atomic E-state index is 10.6. The molecule has 2 N–H and O–H groups in total. The highest BCUT2D eigenvalue weighted by molar-refractivity contribution is 5.73. The molecule has 0 saturated carbocycles. The van der Waals surface area contributed by atoms with Crippen LogP contribution in [0.1, 0.15) is 5.56 Å². The van der Waals surface area contributed by atoms with Crippen molar-refractivity contribution in [1.29, 1.82) is 0 Å². The summed E-state index contributed by atoms with van der Waals surface area (Å²) in [6.07, 6.45) is -9.81. The molecule has 3 rings (SSSR count). The third kappa shape index (κ3) is 12.0. The number of likely N-dealkylation sites (tertiary alicyclic amines) is 1. The molecule has 37 heavy (non-hydrogen) atoms. The Morgan fingerprint density at radius 1 is 0.973 bits per heavy atom. The van der Waals surface area contributed by atoms with Gasteiger partial charge in [-0.25, -0.2) is 9.59 Å². The normalized spacial score (nSPS) is 20.4. The van der Waals surface area contributed by atoms with Gasteiger partial charge in [-0.15, -0.1) is 0 Å². The van der Waals surface area contributed by atoms with Crippen LogP contribution in [0.5, 0.6) is 5.75 Å². The first-order valence-corrected chi connectivity index (χ1v) is 11.0. The van der Waals surface area contributed by atoms with Crippen molar-refractivity contribution in [3.05, 3.63) is 29.8 Å². The van der Waals surface area contributed by atoms with E-state index < -0.39 is 24.3 Å². The Kier molecular flexibility index (Phi) is 13.1. The van der Waals surface area contributed by atoms with Crippen molar-refractivity contribution in [3.63, 3.8) is 0 Å². The van der Waals surface area contributed by atoms with Gasteiger partial charge in [0.05, 0.1) is 26.4 Å². The molecule has 0 bridgehead atoms. The zero-order valence-electron chi connectivity index (χ0n) is 20.2. The van der Waals surface area contributed by atoms with Crippen molar-refractivity contribution in [1.82, 2.24) is 9.80 Å². The fraction of sp³-hybridized carbons (Fsp3) is 0.636. The van der Waals surface area contributed by atoms with Crippen LogP contribution >= 0.6 is 0 Å². The summed E-state index contributed by atoms with van der Waals surface area (Å²) < 4.78 is 80.3. The van der Waals surface area contributed by atoms with E-state index >= 15 is 0 Å². The zero-order valence-corrected chi connectivity index (χ0v) is 20.2. The van der Waals surface area contributed by atoms with Crippen molar-refractivity contribution < 1.29 is 60.4 Å². The summed E-state index contributed by atoms with van der Waals surface area (Å²) in [5.41, 5.74) is 1.25. The lowest BCUT2D eigenvalue weighted by atomic mass is 10.1. The van der Waals surface area contributed by atoms with Crippen LogP contribution in [0.15, 0.2) is 24.3 Å². The average Bonchev–Trinajstić information content (AvgIpc) is 3.07. The third-order valence-electron chi connectivity index (χ3n) is 5.37. The third-order valence-corrected chi connectivity index (χ3v) is 5.37. The zero-order chi connectivity index (χ0) is 28.2. The first kappa shape index (κ1) is 32.4. The summed E-state index contributed by atoms with van der Waals surface area (Å²) in [5.74, 6) is -3.95. The van der Waals surface area contributed by atoms with E-state index in [1.807, 2.05) is 12.1 Å². The fourth-order valence-electron chi connectivity index (χ4n) is 3.67. The van der Waals surface area contributed by atoms with Crippen molar-refractivity contribution in [3.8, 4) is 5.75 Å². The second-order valence-corrected chi connectivity index (χ2v) is 8.07. The summed E-state index contributed by atoms with van der Waals surface area (Å²) in [5, 5.41) is 14.2. The summed E-state index contributed by atoms with van der Waals surface area (Å²) in [4.78, 5) is 22.8. The van der Waals surface area contributed by atoms with Gasteiger partial charge in [0.2, 0.25) is 0 Å². The lowest BCUT2D eigenvalue weighted by molar-refractivity contribution is -0.193. The highest BCUT2D eigenvalue weighted by Gasteiger charge is 2.39. The molecule has 2 fully saturated rings. The van der Waals surface area contributed by atoms with Crippen molar-refractivity contribution in [2.24, 2.45) is 5.92 Å². The minimum absolute atomic E-state index is 0.359. The van der Waals surface area contributed by atoms with E-state index in [2.05, 4.69) is 21.9 Å². The number of nitrogens with zero attached hydrogens (tertiary/aromatic N) is 2. The molecule has 212 valence electrons. The molecule has 0 radical (unpaired) electrons. The van der Waals surface area contributed by atoms with E-state index in [1.54, 1.807) is 14.2 Å². The maximum Gasteiger partial charge on any atom is 0.490 e. The van der Waals surface area contributed by atoms with Crippen LogP contribution in [0.25, 0.3) is 0 Å². The summed E-state index contributed by atoms with van der Waals surface area (Å²) >= 11 is 0.